The van der Waals surface area contributed by atoms with Gasteiger partial charge in [-0.2, -0.15) is 6.07 Å². The minimum atomic E-state index is 0. The molecule has 165 valence electrons. The minimum Gasteiger partial charge on any atom is -0.504 e. The Morgan fingerprint density at radius 2 is 1.74 bits per heavy atom. The molecule has 0 saturated heterocycles. The summed E-state index contributed by atoms with van der Waals surface area (Å²) in [6, 6.07) is 39.8. The molecule has 0 bridgehead atoms. The van der Waals surface area contributed by atoms with Crippen LogP contribution in [0.25, 0.3) is 22.0 Å². The smallest absolute Gasteiger partial charge is 0.494 e. The number of hydrogen-bond acceptors (Lipinski definition) is 2. The number of aromatic nitrogens is 1. The quantitative estimate of drug-likeness (QED) is 0.154. The van der Waals surface area contributed by atoms with E-state index in [0.29, 0.717) is 0 Å². The molecule has 4 nitrogen and oxygen atoms in total. The molecule has 0 aliphatic carbocycles. The Labute approximate surface area is 211 Å². The van der Waals surface area contributed by atoms with Crippen LogP contribution in [0, 0.1) is 12.1 Å². The van der Waals surface area contributed by atoms with Gasteiger partial charge in [-0.25, -0.2) is 0 Å². The van der Waals surface area contributed by atoms with Crippen LogP contribution in [-0.4, -0.2) is 22.6 Å². The van der Waals surface area contributed by atoms with Crippen LogP contribution in [-0.2, 0) is 20.1 Å². The Hall–Kier alpha value is -3.88. The molecule has 1 radical (unpaired) electrons. The average Bonchev–Trinajstić information content (AvgIpc) is 3.23. The van der Waals surface area contributed by atoms with Crippen molar-refractivity contribution in [2.75, 3.05) is 7.05 Å². The summed E-state index contributed by atoms with van der Waals surface area (Å²) in [5, 5.41) is 2.22. The largest absolute Gasteiger partial charge is 0.504 e. The van der Waals surface area contributed by atoms with Gasteiger partial charge in [0.05, 0.1) is 5.75 Å². The zero-order valence-electron chi connectivity index (χ0n) is 18.3. The summed E-state index contributed by atoms with van der Waals surface area (Å²) in [4.78, 5) is 4.22. The first-order valence-corrected chi connectivity index (χ1v) is 10.7. The second-order valence-corrected chi connectivity index (χ2v) is 7.77. The molecule has 3 heterocycles. The molecule has 0 N–H and O–H groups in total. The molecule has 1 aromatic heterocycles. The Morgan fingerprint density at radius 1 is 0.882 bits per heavy atom. The van der Waals surface area contributed by atoms with Gasteiger partial charge in [-0.1, -0.05) is 50.9 Å². The van der Waals surface area contributed by atoms with E-state index in [0.717, 1.165) is 50.6 Å². The van der Waals surface area contributed by atoms with Crippen LogP contribution in [0.2, 0.25) is 0 Å². The molecule has 0 spiro atoms. The van der Waals surface area contributed by atoms with Crippen LogP contribution < -0.4 is 9.31 Å². The van der Waals surface area contributed by atoms with Gasteiger partial charge in [0.2, 0.25) is 0 Å². The molecular weight excluding hydrogens is 599 g/mol. The van der Waals surface area contributed by atoms with Crippen molar-refractivity contribution in [1.82, 2.24) is 9.56 Å². The van der Waals surface area contributed by atoms with Crippen molar-refractivity contribution in [3.05, 3.63) is 109 Å². The monoisotopic (exact) mass is 618 g/mol. The van der Waals surface area contributed by atoms with E-state index in [1.807, 2.05) is 89.0 Å². The number of para-hydroxylation sites is 1. The summed E-state index contributed by atoms with van der Waals surface area (Å²) in [6.07, 6.45) is 1.79. The van der Waals surface area contributed by atoms with Crippen molar-refractivity contribution < 1.29 is 29.4 Å². The van der Waals surface area contributed by atoms with E-state index in [2.05, 4.69) is 41.3 Å². The maximum Gasteiger partial charge on any atom is 0.494 e. The molecule has 0 amide bonds. The Balaban J connectivity index is 0.000000159. The van der Waals surface area contributed by atoms with Crippen LogP contribution in [0.1, 0.15) is 0 Å². The second kappa shape index (κ2) is 9.17. The fourth-order valence-electron chi connectivity index (χ4n) is 4.13. The maximum absolute atomic E-state index is 6.19. The minimum absolute atomic E-state index is 0. The van der Waals surface area contributed by atoms with Crippen LogP contribution >= 0.6 is 0 Å². The van der Waals surface area contributed by atoms with Crippen molar-refractivity contribution in [2.24, 2.45) is 0 Å². The zero-order chi connectivity index (χ0) is 22.2. The first-order valence-electron chi connectivity index (χ1n) is 10.7. The Bertz CT molecular complexity index is 1540. The number of ether oxygens (including phenoxy) is 1. The number of fused-ring (bicyclic) bond motifs is 4. The fourth-order valence-corrected chi connectivity index (χ4v) is 4.13. The number of hydrogen-bond donors (Lipinski definition) is 0. The van der Waals surface area contributed by atoms with Crippen LogP contribution in [0.4, 0.5) is 17.1 Å². The molecule has 4 aromatic carbocycles. The van der Waals surface area contributed by atoms with Gasteiger partial charge < -0.3 is 9.72 Å². The predicted molar refractivity (Wildman–Crippen MR) is 130 cm³/mol. The molecular formula is C29H19IrN3O. The molecule has 34 heavy (non-hydrogen) atoms. The van der Waals surface area contributed by atoms with Gasteiger partial charge in [-0.3, -0.25) is 0 Å². The SMILES string of the molecule is C[N+]1=C=[N+]2c3[c-]cc4ccccc4c3Oc3cccc1c32.[Ir].[c-]1ccccc1-c1ccccn1. The van der Waals surface area contributed by atoms with Crippen molar-refractivity contribution in [3.63, 3.8) is 0 Å². The zero-order valence-corrected chi connectivity index (χ0v) is 20.7. The molecule has 0 atom stereocenters. The van der Waals surface area contributed by atoms with Gasteiger partial charge in [-0.05, 0) is 17.8 Å². The standard InChI is InChI=1S/C18H11N2O.C11H8N.Ir/c1-19-11-20-15-10-9-12-5-2-3-6-13(12)18(15)21-16-8-4-7-14(19)17(16)20;1-2-6-10(7-3-1)11-8-4-5-9-12-11;/h2-9H,1H3;1-6,8-9H;/q+1;-1;. The summed E-state index contributed by atoms with van der Waals surface area (Å²) in [5.74, 6) is 1.71. The van der Waals surface area contributed by atoms with E-state index in [1.165, 1.54) is 0 Å². The third kappa shape index (κ3) is 3.76. The molecule has 5 aromatic rings. The van der Waals surface area contributed by atoms with Crippen molar-refractivity contribution in [2.45, 2.75) is 0 Å². The van der Waals surface area contributed by atoms with Crippen LogP contribution in [0.3, 0.4) is 0 Å². The second-order valence-electron chi connectivity index (χ2n) is 7.77. The van der Waals surface area contributed by atoms with Crippen molar-refractivity contribution in [3.8, 4) is 22.8 Å². The molecule has 7 rings (SSSR count). The van der Waals surface area contributed by atoms with Crippen LogP contribution in [0.5, 0.6) is 11.5 Å². The number of rotatable bonds is 1. The molecule has 0 unspecified atom stereocenters. The molecule has 5 heteroatoms. The molecule has 0 saturated carbocycles. The van der Waals surface area contributed by atoms with Crippen LogP contribution in [0.15, 0.2) is 97.2 Å². The predicted octanol–water partition coefficient (Wildman–Crippen LogP) is 6.59. The van der Waals surface area contributed by atoms with Gasteiger partial charge in [0, 0.05) is 32.4 Å². The van der Waals surface area contributed by atoms with E-state index in [9.17, 15) is 0 Å². The van der Waals surface area contributed by atoms with E-state index >= 15 is 0 Å². The normalized spacial score (nSPS) is 12.1. The third-order valence-corrected chi connectivity index (χ3v) is 5.68. The summed E-state index contributed by atoms with van der Waals surface area (Å²) in [6.45, 7) is 0. The van der Waals surface area contributed by atoms with Crippen molar-refractivity contribution in [1.29, 1.82) is 0 Å². The van der Waals surface area contributed by atoms with E-state index in [1.54, 1.807) is 6.20 Å². The maximum atomic E-state index is 6.19. The summed E-state index contributed by atoms with van der Waals surface area (Å²) >= 11 is 0. The summed E-state index contributed by atoms with van der Waals surface area (Å²) < 4.78 is 10.2. The van der Waals surface area contributed by atoms with Gasteiger partial charge in [0.1, 0.15) is 0 Å². The average molecular weight is 618 g/mol. The first kappa shape index (κ1) is 21.9. The number of benzene rings is 4. The Kier molecular flexibility index (Phi) is 5.91. The van der Waals surface area contributed by atoms with Gasteiger partial charge in [0.15, 0.2) is 18.5 Å². The first-order chi connectivity index (χ1) is 16.3. The van der Waals surface area contributed by atoms with E-state index in [4.69, 9.17) is 4.74 Å². The fraction of sp³-hybridized carbons (Fsp3) is 0.0345. The number of pyridine rings is 1. The van der Waals surface area contributed by atoms with Gasteiger partial charge in [-0.15, -0.1) is 53.4 Å². The summed E-state index contributed by atoms with van der Waals surface area (Å²) in [7, 11) is 1.99. The third-order valence-electron chi connectivity index (χ3n) is 5.68. The summed E-state index contributed by atoms with van der Waals surface area (Å²) in [5.41, 5.74) is 5.06. The van der Waals surface area contributed by atoms with E-state index in [-0.39, 0.29) is 20.1 Å². The molecule has 0 fully saturated rings. The topological polar surface area (TPSA) is 28.1 Å². The Morgan fingerprint density at radius 3 is 2.56 bits per heavy atom. The molecule has 2 aliphatic rings. The van der Waals surface area contributed by atoms with Crippen molar-refractivity contribution >= 4 is 33.8 Å². The van der Waals surface area contributed by atoms with Gasteiger partial charge in [0.25, 0.3) is 5.69 Å². The van der Waals surface area contributed by atoms with E-state index < -0.39 is 0 Å². The van der Waals surface area contributed by atoms with Gasteiger partial charge >= 0.3 is 11.7 Å². The molecule has 2 aliphatic heterocycles. The number of nitrogens with zero attached hydrogens (tertiary/aromatic N) is 3.